The van der Waals surface area contributed by atoms with Crippen molar-refractivity contribution in [3.8, 4) is 0 Å². The minimum Gasteiger partial charge on any atom is -0.380 e. The van der Waals surface area contributed by atoms with E-state index in [1.165, 1.54) is 0 Å². The summed E-state index contributed by atoms with van der Waals surface area (Å²) in [6, 6.07) is 0. The molecule has 2 aromatic rings. The van der Waals surface area contributed by atoms with E-state index in [1.807, 2.05) is 0 Å². The highest BCUT2D eigenvalue weighted by atomic mass is 35.5. The second-order valence-electron chi connectivity index (χ2n) is 3.87. The SMILES string of the molecule is Clc1nc(N2CCCOCC2)c2[nH]cnc2n1. The van der Waals surface area contributed by atoms with Crippen molar-refractivity contribution >= 4 is 28.6 Å². The lowest BCUT2D eigenvalue weighted by Crippen LogP contribution is -2.27. The van der Waals surface area contributed by atoms with Crippen molar-refractivity contribution in [1.29, 1.82) is 0 Å². The molecule has 0 aromatic carbocycles. The summed E-state index contributed by atoms with van der Waals surface area (Å²) in [4.78, 5) is 17.7. The first kappa shape index (κ1) is 10.7. The smallest absolute Gasteiger partial charge is 0.226 e. The van der Waals surface area contributed by atoms with E-state index in [-0.39, 0.29) is 5.28 Å². The zero-order valence-electron chi connectivity index (χ0n) is 9.19. The molecule has 0 bridgehead atoms. The van der Waals surface area contributed by atoms with Crippen LogP contribution in [0, 0.1) is 0 Å². The number of imidazole rings is 1. The Morgan fingerprint density at radius 2 is 2.24 bits per heavy atom. The van der Waals surface area contributed by atoms with Crippen molar-refractivity contribution in [1.82, 2.24) is 19.9 Å². The van der Waals surface area contributed by atoms with Gasteiger partial charge in [0.25, 0.3) is 0 Å². The predicted molar refractivity (Wildman–Crippen MR) is 64.3 cm³/mol. The molecule has 1 aliphatic heterocycles. The van der Waals surface area contributed by atoms with Crippen LogP contribution in [0.5, 0.6) is 0 Å². The lowest BCUT2D eigenvalue weighted by atomic mass is 10.3. The van der Waals surface area contributed by atoms with Crippen molar-refractivity contribution in [3.05, 3.63) is 11.6 Å². The zero-order chi connectivity index (χ0) is 11.7. The third-order valence-corrected chi connectivity index (χ3v) is 2.93. The van der Waals surface area contributed by atoms with Crippen LogP contribution in [0.15, 0.2) is 6.33 Å². The van der Waals surface area contributed by atoms with E-state index in [1.54, 1.807) is 6.33 Å². The van der Waals surface area contributed by atoms with Gasteiger partial charge in [-0.25, -0.2) is 4.98 Å². The first-order valence-corrected chi connectivity index (χ1v) is 5.92. The van der Waals surface area contributed by atoms with Crippen LogP contribution in [0.1, 0.15) is 6.42 Å². The van der Waals surface area contributed by atoms with Gasteiger partial charge in [0.15, 0.2) is 11.5 Å². The number of aromatic nitrogens is 4. The molecule has 0 radical (unpaired) electrons. The third-order valence-electron chi connectivity index (χ3n) is 2.76. The van der Waals surface area contributed by atoms with Crippen LogP contribution in [-0.2, 0) is 4.74 Å². The maximum absolute atomic E-state index is 5.91. The van der Waals surface area contributed by atoms with Crippen molar-refractivity contribution in [2.45, 2.75) is 6.42 Å². The number of hydrogen-bond donors (Lipinski definition) is 1. The molecule has 0 aliphatic carbocycles. The standard InChI is InChI=1S/C10H12ClN5O/c11-10-14-8-7(12-6-13-8)9(15-10)16-2-1-4-17-5-3-16/h6H,1-5H2,(H,12,13,14,15). The number of nitrogens with zero attached hydrogens (tertiary/aromatic N) is 4. The first-order chi connectivity index (χ1) is 8.34. The van der Waals surface area contributed by atoms with E-state index in [4.69, 9.17) is 16.3 Å². The molecule has 17 heavy (non-hydrogen) atoms. The van der Waals surface area contributed by atoms with E-state index in [0.717, 1.165) is 37.5 Å². The molecule has 90 valence electrons. The molecule has 3 heterocycles. The van der Waals surface area contributed by atoms with Crippen LogP contribution in [-0.4, -0.2) is 46.2 Å². The average Bonchev–Trinajstić information content (AvgIpc) is 2.62. The van der Waals surface area contributed by atoms with Gasteiger partial charge in [0, 0.05) is 19.7 Å². The number of anilines is 1. The number of rotatable bonds is 1. The van der Waals surface area contributed by atoms with E-state index in [0.29, 0.717) is 12.3 Å². The predicted octanol–water partition coefficient (Wildman–Crippen LogP) is 1.23. The fourth-order valence-corrected chi connectivity index (χ4v) is 2.14. The molecule has 1 aliphatic rings. The van der Waals surface area contributed by atoms with Crippen molar-refractivity contribution < 1.29 is 4.74 Å². The van der Waals surface area contributed by atoms with Gasteiger partial charge >= 0.3 is 0 Å². The van der Waals surface area contributed by atoms with Crippen molar-refractivity contribution in [2.75, 3.05) is 31.2 Å². The fraction of sp³-hybridized carbons (Fsp3) is 0.500. The van der Waals surface area contributed by atoms with Gasteiger partial charge in [-0.1, -0.05) is 0 Å². The molecule has 1 fully saturated rings. The summed E-state index contributed by atoms with van der Waals surface area (Å²) in [6.07, 6.45) is 2.59. The first-order valence-electron chi connectivity index (χ1n) is 5.54. The molecule has 0 atom stereocenters. The molecule has 1 N–H and O–H groups in total. The van der Waals surface area contributed by atoms with Gasteiger partial charge in [0.05, 0.1) is 12.9 Å². The molecule has 0 saturated carbocycles. The van der Waals surface area contributed by atoms with Crippen LogP contribution < -0.4 is 4.90 Å². The van der Waals surface area contributed by atoms with Gasteiger partial charge in [-0.2, -0.15) is 9.97 Å². The average molecular weight is 254 g/mol. The molecular formula is C10H12ClN5O. The van der Waals surface area contributed by atoms with Gasteiger partial charge in [0.2, 0.25) is 5.28 Å². The second kappa shape index (κ2) is 4.46. The lowest BCUT2D eigenvalue weighted by Gasteiger charge is -2.20. The van der Waals surface area contributed by atoms with Gasteiger partial charge in [-0.15, -0.1) is 0 Å². The molecule has 0 amide bonds. The quantitative estimate of drug-likeness (QED) is 0.775. The second-order valence-corrected chi connectivity index (χ2v) is 4.21. The number of ether oxygens (including phenoxy) is 1. The van der Waals surface area contributed by atoms with Gasteiger partial charge in [-0.3, -0.25) is 0 Å². The van der Waals surface area contributed by atoms with Crippen LogP contribution in [0.25, 0.3) is 11.2 Å². The molecular weight excluding hydrogens is 242 g/mol. The van der Waals surface area contributed by atoms with E-state index >= 15 is 0 Å². The summed E-state index contributed by atoms with van der Waals surface area (Å²) in [6.45, 7) is 3.21. The topological polar surface area (TPSA) is 66.9 Å². The zero-order valence-corrected chi connectivity index (χ0v) is 9.94. The number of aromatic amines is 1. The number of nitrogens with one attached hydrogen (secondary N) is 1. The highest BCUT2D eigenvalue weighted by Gasteiger charge is 2.17. The summed E-state index contributed by atoms with van der Waals surface area (Å²) in [5.74, 6) is 0.808. The van der Waals surface area contributed by atoms with Crippen molar-refractivity contribution in [3.63, 3.8) is 0 Å². The summed E-state index contributed by atoms with van der Waals surface area (Å²) in [5, 5.41) is 0.227. The Balaban J connectivity index is 2.05. The Morgan fingerprint density at radius 1 is 1.29 bits per heavy atom. The van der Waals surface area contributed by atoms with Crippen LogP contribution in [0.2, 0.25) is 5.28 Å². The summed E-state index contributed by atoms with van der Waals surface area (Å²) >= 11 is 5.91. The maximum Gasteiger partial charge on any atom is 0.226 e. The number of H-pyrrole nitrogens is 1. The van der Waals surface area contributed by atoms with Gasteiger partial charge < -0.3 is 14.6 Å². The normalized spacial score (nSPS) is 17.4. The molecule has 2 aromatic heterocycles. The van der Waals surface area contributed by atoms with Gasteiger partial charge in [-0.05, 0) is 18.0 Å². The Kier molecular flexibility index (Phi) is 2.82. The van der Waals surface area contributed by atoms with E-state index < -0.39 is 0 Å². The van der Waals surface area contributed by atoms with E-state index in [2.05, 4.69) is 24.8 Å². The maximum atomic E-state index is 5.91. The summed E-state index contributed by atoms with van der Waals surface area (Å²) in [5.41, 5.74) is 1.43. The largest absolute Gasteiger partial charge is 0.380 e. The van der Waals surface area contributed by atoms with E-state index in [9.17, 15) is 0 Å². The molecule has 3 rings (SSSR count). The van der Waals surface area contributed by atoms with Crippen LogP contribution >= 0.6 is 11.6 Å². The highest BCUT2D eigenvalue weighted by molar-refractivity contribution is 6.28. The molecule has 0 unspecified atom stereocenters. The van der Waals surface area contributed by atoms with Gasteiger partial charge in [0.1, 0.15) is 5.52 Å². The minimum atomic E-state index is 0.227. The molecule has 0 spiro atoms. The number of halogens is 1. The Bertz CT molecular complexity index is 520. The summed E-state index contributed by atoms with van der Waals surface area (Å²) < 4.78 is 5.43. The fourth-order valence-electron chi connectivity index (χ4n) is 1.98. The van der Waals surface area contributed by atoms with Crippen LogP contribution in [0.3, 0.4) is 0 Å². The number of fused-ring (bicyclic) bond motifs is 1. The third kappa shape index (κ3) is 2.05. The van der Waals surface area contributed by atoms with Crippen LogP contribution in [0.4, 0.5) is 5.82 Å². The molecule has 7 heteroatoms. The Labute approximate surface area is 103 Å². The minimum absolute atomic E-state index is 0.227. The molecule has 1 saturated heterocycles. The lowest BCUT2D eigenvalue weighted by molar-refractivity contribution is 0.152. The molecule has 6 nitrogen and oxygen atoms in total. The van der Waals surface area contributed by atoms with Crippen molar-refractivity contribution in [2.24, 2.45) is 0 Å². The Morgan fingerprint density at radius 3 is 3.18 bits per heavy atom. The Hall–Kier alpha value is -1.40. The number of hydrogen-bond acceptors (Lipinski definition) is 5. The summed E-state index contributed by atoms with van der Waals surface area (Å²) in [7, 11) is 0. The monoisotopic (exact) mass is 253 g/mol. The highest BCUT2D eigenvalue weighted by Crippen LogP contribution is 2.23.